The number of nitrogens with zero attached hydrogens (tertiary/aromatic N) is 4. The molecule has 48 heavy (non-hydrogen) atoms. The first-order valence-corrected chi connectivity index (χ1v) is 16.5. The molecule has 1 atom stereocenters. The molecule has 3 heterocycles. The molecule has 2 aromatic heterocycles. The molecule has 0 saturated carbocycles. The zero-order chi connectivity index (χ0) is 33.6. The van der Waals surface area contributed by atoms with Gasteiger partial charge in [-0.05, 0) is 54.8 Å². The fourth-order valence-electron chi connectivity index (χ4n) is 5.78. The van der Waals surface area contributed by atoms with Gasteiger partial charge < -0.3 is 35.3 Å². The quantitative estimate of drug-likeness (QED) is 0.262. The van der Waals surface area contributed by atoms with Crippen molar-refractivity contribution in [3.8, 4) is 22.9 Å². The second-order valence-corrected chi connectivity index (χ2v) is 12.6. The number of carbonyl (C=O) groups excluding carboxylic acids is 3. The van der Waals surface area contributed by atoms with Gasteiger partial charge in [0, 0.05) is 49.6 Å². The van der Waals surface area contributed by atoms with Crippen LogP contribution >= 0.6 is 11.3 Å². The third-order valence-corrected chi connectivity index (χ3v) is 8.96. The van der Waals surface area contributed by atoms with Crippen molar-refractivity contribution in [2.24, 2.45) is 0 Å². The number of nitrogens with two attached hydrogens (primary N) is 1. The number of benzene rings is 3. The topological polar surface area (TPSA) is 154 Å². The summed E-state index contributed by atoms with van der Waals surface area (Å²) in [7, 11) is 1.57. The highest BCUT2D eigenvalue weighted by atomic mass is 32.1. The Morgan fingerprint density at radius 1 is 1.12 bits per heavy atom. The fourth-order valence-corrected chi connectivity index (χ4v) is 6.64. The van der Waals surface area contributed by atoms with Gasteiger partial charge in [0.05, 0.1) is 30.5 Å². The Hall–Kier alpha value is -5.43. The normalized spacial score (nSPS) is 16.2. The van der Waals surface area contributed by atoms with E-state index in [1.54, 1.807) is 25.4 Å². The lowest BCUT2D eigenvalue weighted by Gasteiger charge is -2.25. The predicted molar refractivity (Wildman–Crippen MR) is 184 cm³/mol. The Morgan fingerprint density at radius 3 is 2.77 bits per heavy atom. The Labute approximate surface area is 281 Å². The zero-order valence-corrected chi connectivity index (χ0v) is 27.6. The second kappa shape index (κ2) is 14.6. The third-order valence-electron chi connectivity index (χ3n) is 8.12. The smallest absolute Gasteiger partial charge is 0.254 e. The van der Waals surface area contributed by atoms with E-state index < -0.39 is 11.9 Å². The van der Waals surface area contributed by atoms with Crippen LogP contribution in [0.4, 0.5) is 5.13 Å². The molecule has 0 spiro atoms. The van der Waals surface area contributed by atoms with Crippen LogP contribution in [0.15, 0.2) is 73.1 Å². The van der Waals surface area contributed by atoms with E-state index in [4.69, 9.17) is 15.2 Å². The van der Waals surface area contributed by atoms with Crippen molar-refractivity contribution in [2.75, 3.05) is 39.1 Å². The molecule has 0 aliphatic carbocycles. The highest BCUT2D eigenvalue weighted by molar-refractivity contribution is 7.22. The molecule has 0 fully saturated rings. The summed E-state index contributed by atoms with van der Waals surface area (Å²) in [6.45, 7) is 2.84. The molecule has 0 unspecified atom stereocenters. The largest absolute Gasteiger partial charge is 0.493 e. The number of amides is 3. The summed E-state index contributed by atoms with van der Waals surface area (Å²) in [6, 6.07) is 17.7. The molecule has 6 rings (SSSR count). The van der Waals surface area contributed by atoms with Crippen molar-refractivity contribution >= 4 is 44.4 Å². The molecule has 0 radical (unpaired) electrons. The number of carbonyl (C=O) groups is 3. The third kappa shape index (κ3) is 7.41. The number of thiazole rings is 1. The van der Waals surface area contributed by atoms with Crippen molar-refractivity contribution < 1.29 is 23.9 Å². The van der Waals surface area contributed by atoms with Crippen LogP contribution < -0.4 is 25.8 Å². The van der Waals surface area contributed by atoms with Gasteiger partial charge in [0.2, 0.25) is 11.8 Å². The monoisotopic (exact) mass is 667 g/mol. The number of imidazole rings is 1. The summed E-state index contributed by atoms with van der Waals surface area (Å²) in [5.74, 6) is 0.695. The van der Waals surface area contributed by atoms with Crippen LogP contribution in [-0.4, -0.2) is 76.5 Å². The maximum Gasteiger partial charge on any atom is 0.254 e. The average molecular weight is 668 g/mol. The SMILES string of the molecule is COc1ccc2cc1OCCCN(C(=O)c1cc(C)c3nc(N)sc3c1)CC(=O)N[C@@H](Cc1ccccc1)C(=O)NCCn1ccnc1-2. The summed E-state index contributed by atoms with van der Waals surface area (Å²) in [5.41, 5.74) is 9.64. The van der Waals surface area contributed by atoms with Gasteiger partial charge in [0.1, 0.15) is 11.9 Å². The van der Waals surface area contributed by atoms with E-state index in [1.165, 1.54) is 16.2 Å². The van der Waals surface area contributed by atoms with Gasteiger partial charge in [-0.25, -0.2) is 9.97 Å². The molecule has 13 heteroatoms. The number of rotatable bonds is 4. The van der Waals surface area contributed by atoms with E-state index in [1.807, 2.05) is 66.2 Å². The molecular weight excluding hydrogens is 630 g/mol. The van der Waals surface area contributed by atoms with Crippen LogP contribution in [-0.2, 0) is 22.6 Å². The molecule has 1 aliphatic rings. The van der Waals surface area contributed by atoms with Crippen LogP contribution in [0.5, 0.6) is 11.5 Å². The number of aromatic nitrogens is 3. The van der Waals surface area contributed by atoms with Crippen LogP contribution in [0.25, 0.3) is 21.6 Å². The van der Waals surface area contributed by atoms with Crippen molar-refractivity contribution in [1.29, 1.82) is 0 Å². The van der Waals surface area contributed by atoms with Gasteiger partial charge in [-0.3, -0.25) is 14.4 Å². The number of hydrogen-bond donors (Lipinski definition) is 3. The van der Waals surface area contributed by atoms with E-state index >= 15 is 0 Å². The van der Waals surface area contributed by atoms with E-state index in [0.717, 1.165) is 26.9 Å². The van der Waals surface area contributed by atoms with E-state index in [9.17, 15) is 14.4 Å². The van der Waals surface area contributed by atoms with Gasteiger partial charge in [-0.15, -0.1) is 0 Å². The first-order chi connectivity index (χ1) is 23.3. The molecule has 1 aliphatic heterocycles. The van der Waals surface area contributed by atoms with Crippen LogP contribution in [0.1, 0.15) is 27.9 Å². The zero-order valence-electron chi connectivity index (χ0n) is 26.8. The molecule has 3 amide bonds. The Morgan fingerprint density at radius 2 is 1.96 bits per heavy atom. The minimum Gasteiger partial charge on any atom is -0.493 e. The number of hydrogen-bond acceptors (Lipinski definition) is 9. The molecule has 2 bridgehead atoms. The van der Waals surface area contributed by atoms with Gasteiger partial charge in [0.15, 0.2) is 16.6 Å². The maximum atomic E-state index is 14.0. The summed E-state index contributed by atoms with van der Waals surface area (Å²) in [4.78, 5) is 51.5. The fraction of sp³-hybridized carbons (Fsp3) is 0.286. The number of nitrogen functional groups attached to an aromatic ring is 1. The van der Waals surface area contributed by atoms with Crippen LogP contribution in [0.3, 0.4) is 0 Å². The van der Waals surface area contributed by atoms with Gasteiger partial charge >= 0.3 is 0 Å². The number of ether oxygens (including phenoxy) is 2. The number of fused-ring (bicyclic) bond motifs is 5. The lowest BCUT2D eigenvalue weighted by Crippen LogP contribution is -2.51. The highest BCUT2D eigenvalue weighted by Gasteiger charge is 2.25. The molecule has 12 nitrogen and oxygen atoms in total. The van der Waals surface area contributed by atoms with Gasteiger partial charge in [0.25, 0.3) is 5.91 Å². The number of aryl methyl sites for hydroxylation is 1. The predicted octanol–water partition coefficient (Wildman–Crippen LogP) is 3.83. The number of nitrogens with one attached hydrogen (secondary N) is 2. The molecule has 0 saturated heterocycles. The van der Waals surface area contributed by atoms with Crippen LogP contribution in [0.2, 0.25) is 0 Å². The van der Waals surface area contributed by atoms with E-state index in [2.05, 4.69) is 20.6 Å². The van der Waals surface area contributed by atoms with Gasteiger partial charge in [-0.2, -0.15) is 0 Å². The van der Waals surface area contributed by atoms with Crippen molar-refractivity contribution in [3.05, 3.63) is 89.7 Å². The summed E-state index contributed by atoms with van der Waals surface area (Å²) in [5, 5.41) is 6.29. The van der Waals surface area contributed by atoms with Crippen LogP contribution in [0, 0.1) is 6.92 Å². The van der Waals surface area contributed by atoms with E-state index in [0.29, 0.717) is 47.5 Å². The minimum atomic E-state index is -0.857. The summed E-state index contributed by atoms with van der Waals surface area (Å²) >= 11 is 1.30. The highest BCUT2D eigenvalue weighted by Crippen LogP contribution is 2.32. The molecule has 3 aromatic carbocycles. The summed E-state index contributed by atoms with van der Waals surface area (Å²) < 4.78 is 14.4. The van der Waals surface area contributed by atoms with E-state index in [-0.39, 0.29) is 37.9 Å². The van der Waals surface area contributed by atoms with Crippen molar-refractivity contribution in [2.45, 2.75) is 32.4 Å². The Kier molecular flexibility index (Phi) is 9.86. The molecule has 5 aromatic rings. The first kappa shape index (κ1) is 32.5. The Balaban J connectivity index is 1.31. The lowest BCUT2D eigenvalue weighted by atomic mass is 10.0. The molecule has 248 valence electrons. The average Bonchev–Trinajstić information content (AvgIpc) is 3.71. The molecular formula is C35H37N7O5S. The standard InChI is InChI=1S/C35H37N7O5S/c1-22-17-25(20-29-31(22)40-35(36)48-29)34(45)42-13-6-16-47-28-19-24(9-10-27(28)46-2)32-37-11-14-41(32)15-12-38-33(44)26(39-30(43)21-42)18-23-7-4-3-5-8-23/h3-5,7-11,14,17,19-20,26H,6,12-13,15-16,18,21H2,1-2H3,(H2,36,40)(H,38,44)(H,39,43)/t26-/m0/s1. The summed E-state index contributed by atoms with van der Waals surface area (Å²) in [6.07, 6.45) is 4.26. The first-order valence-electron chi connectivity index (χ1n) is 15.7. The lowest BCUT2D eigenvalue weighted by molar-refractivity contribution is -0.129. The minimum absolute atomic E-state index is 0.218. The van der Waals surface area contributed by atoms with Crippen molar-refractivity contribution in [3.63, 3.8) is 0 Å². The maximum absolute atomic E-state index is 14.0. The molecule has 4 N–H and O–H groups in total. The van der Waals surface area contributed by atoms with Gasteiger partial charge in [-0.1, -0.05) is 41.7 Å². The van der Waals surface area contributed by atoms with Crippen molar-refractivity contribution in [1.82, 2.24) is 30.1 Å². The number of anilines is 1. The Bertz CT molecular complexity index is 1940. The second-order valence-electron chi connectivity index (χ2n) is 11.5. The number of methoxy groups -OCH3 is 1.